The van der Waals surface area contributed by atoms with Crippen molar-refractivity contribution in [3.05, 3.63) is 71.7 Å². The molecule has 2 atom stereocenters. The van der Waals surface area contributed by atoms with Crippen LogP contribution in [0.15, 0.2) is 49.1 Å². The Kier molecular flexibility index (Phi) is 5.96. The molecular formula is C27H29FN4O4. The van der Waals surface area contributed by atoms with Crippen LogP contribution in [0.2, 0.25) is 0 Å². The average Bonchev–Trinajstić information content (AvgIpc) is 3.28. The number of H-pyrrole nitrogens is 1. The molecule has 1 fully saturated rings. The predicted octanol–water partition coefficient (Wildman–Crippen LogP) is 3.86. The number of carbonyl (C=O) groups is 2. The molecule has 2 aliphatic rings. The standard InChI is InChI=1S/C27H29FN4O4/c1-4-5-9-29-10-11-31-25(34)27(2)15-19-18-13-22(36-3)20(28)14-21(18)30-23(19)24(32(27)26(31)35)16-7-6-8-17(33)12-16/h4,6-8,12-14,24,29-30,33H,1,5,9-11,15H2,2-3H3/t24-,27+/m1/s1. The molecular weight excluding hydrogens is 463 g/mol. The SMILES string of the molecule is C=CCCNCCN1C(=O)N2[C@H](c3cccc(O)c3)c3[nH]c4cc(F)c(OC)cc4c3C[C@@]2(C)C1=O. The van der Waals surface area contributed by atoms with Crippen molar-refractivity contribution in [2.45, 2.75) is 31.3 Å². The van der Waals surface area contributed by atoms with Gasteiger partial charge in [-0.1, -0.05) is 18.2 Å². The van der Waals surface area contributed by atoms with Gasteiger partial charge in [-0.2, -0.15) is 0 Å². The Balaban J connectivity index is 1.63. The zero-order valence-corrected chi connectivity index (χ0v) is 20.3. The number of benzene rings is 2. The number of ether oxygens (including phenoxy) is 1. The summed E-state index contributed by atoms with van der Waals surface area (Å²) in [5.74, 6) is -0.637. The van der Waals surface area contributed by atoms with Crippen molar-refractivity contribution in [3.63, 3.8) is 0 Å². The summed E-state index contributed by atoms with van der Waals surface area (Å²) in [4.78, 5) is 33.7. The molecule has 188 valence electrons. The third kappa shape index (κ3) is 3.62. The molecule has 3 N–H and O–H groups in total. The molecule has 0 spiro atoms. The van der Waals surface area contributed by atoms with E-state index >= 15 is 0 Å². The van der Waals surface area contributed by atoms with Gasteiger partial charge in [-0.15, -0.1) is 6.58 Å². The minimum Gasteiger partial charge on any atom is -0.508 e. The highest BCUT2D eigenvalue weighted by molar-refractivity contribution is 6.08. The number of methoxy groups -OCH3 is 1. The van der Waals surface area contributed by atoms with Crippen molar-refractivity contribution in [1.29, 1.82) is 0 Å². The quantitative estimate of drug-likeness (QED) is 0.252. The van der Waals surface area contributed by atoms with Gasteiger partial charge in [0, 0.05) is 42.2 Å². The maximum atomic E-state index is 14.5. The number of phenolic OH excluding ortho intramolecular Hbond substituents is 1. The number of hydrogen-bond donors (Lipinski definition) is 3. The molecule has 0 aliphatic carbocycles. The number of nitrogens with one attached hydrogen (secondary N) is 2. The molecule has 8 nitrogen and oxygen atoms in total. The number of phenols is 1. The van der Waals surface area contributed by atoms with Gasteiger partial charge in [0.1, 0.15) is 17.3 Å². The highest BCUT2D eigenvalue weighted by Gasteiger charge is 2.60. The number of nitrogens with zero attached hydrogens (tertiary/aromatic N) is 2. The second kappa shape index (κ2) is 8.98. The van der Waals surface area contributed by atoms with Crippen LogP contribution >= 0.6 is 0 Å². The minimum atomic E-state index is -1.15. The number of fused-ring (bicyclic) bond motifs is 4. The summed E-state index contributed by atoms with van der Waals surface area (Å²) < 4.78 is 19.7. The van der Waals surface area contributed by atoms with Crippen LogP contribution in [0.25, 0.3) is 10.9 Å². The van der Waals surface area contributed by atoms with Crippen molar-refractivity contribution in [3.8, 4) is 11.5 Å². The maximum absolute atomic E-state index is 14.5. The van der Waals surface area contributed by atoms with Gasteiger partial charge in [0.25, 0.3) is 5.91 Å². The lowest BCUT2D eigenvalue weighted by Gasteiger charge is -2.42. The Hall–Kier alpha value is -3.85. The summed E-state index contributed by atoms with van der Waals surface area (Å²) in [5, 5.41) is 14.2. The maximum Gasteiger partial charge on any atom is 0.328 e. The molecule has 0 saturated carbocycles. The van der Waals surface area contributed by atoms with Gasteiger partial charge in [-0.3, -0.25) is 14.6 Å². The lowest BCUT2D eigenvalue weighted by molar-refractivity contribution is -0.133. The van der Waals surface area contributed by atoms with E-state index in [4.69, 9.17) is 4.74 Å². The van der Waals surface area contributed by atoms with E-state index in [2.05, 4.69) is 16.9 Å². The van der Waals surface area contributed by atoms with Gasteiger partial charge < -0.3 is 20.1 Å². The van der Waals surface area contributed by atoms with E-state index in [-0.39, 0.29) is 30.4 Å². The highest BCUT2D eigenvalue weighted by Crippen LogP contribution is 2.49. The summed E-state index contributed by atoms with van der Waals surface area (Å²) in [6, 6.07) is 8.57. The van der Waals surface area contributed by atoms with E-state index in [9.17, 15) is 19.1 Å². The van der Waals surface area contributed by atoms with Crippen LogP contribution < -0.4 is 10.1 Å². The van der Waals surface area contributed by atoms with E-state index in [0.29, 0.717) is 29.9 Å². The Morgan fingerprint density at radius 1 is 1.31 bits per heavy atom. The fourth-order valence-electron chi connectivity index (χ4n) is 5.43. The van der Waals surface area contributed by atoms with Gasteiger partial charge in [-0.05, 0) is 49.2 Å². The smallest absolute Gasteiger partial charge is 0.328 e. The topological polar surface area (TPSA) is 97.9 Å². The molecule has 2 aliphatic heterocycles. The molecule has 36 heavy (non-hydrogen) atoms. The molecule has 3 amide bonds. The van der Waals surface area contributed by atoms with Crippen molar-refractivity contribution >= 4 is 22.8 Å². The first-order chi connectivity index (χ1) is 17.3. The number of amides is 3. The molecule has 5 rings (SSSR count). The monoisotopic (exact) mass is 492 g/mol. The fourth-order valence-corrected chi connectivity index (χ4v) is 5.43. The summed E-state index contributed by atoms with van der Waals surface area (Å²) in [6.45, 7) is 6.89. The lowest BCUT2D eigenvalue weighted by atomic mass is 9.81. The molecule has 3 heterocycles. The number of rotatable bonds is 8. The third-order valence-electron chi connectivity index (χ3n) is 7.16. The molecule has 3 aromatic rings. The Morgan fingerprint density at radius 2 is 2.11 bits per heavy atom. The van der Waals surface area contributed by atoms with E-state index in [0.717, 1.165) is 17.4 Å². The van der Waals surface area contributed by atoms with Crippen LogP contribution in [-0.2, 0) is 11.2 Å². The minimum absolute atomic E-state index is 0.0476. The van der Waals surface area contributed by atoms with Crippen LogP contribution in [-0.4, -0.2) is 64.1 Å². The first-order valence-corrected chi connectivity index (χ1v) is 11.9. The Morgan fingerprint density at radius 3 is 2.83 bits per heavy atom. The number of aromatic hydroxyl groups is 1. The molecule has 9 heteroatoms. The number of aromatic nitrogens is 1. The molecule has 1 saturated heterocycles. The van der Waals surface area contributed by atoms with Crippen LogP contribution in [0, 0.1) is 5.82 Å². The third-order valence-corrected chi connectivity index (χ3v) is 7.16. The van der Waals surface area contributed by atoms with Crippen molar-refractivity contribution < 1.29 is 23.8 Å². The van der Waals surface area contributed by atoms with Crippen LogP contribution in [0.3, 0.4) is 0 Å². The second-order valence-electron chi connectivity index (χ2n) is 9.43. The van der Waals surface area contributed by atoms with Crippen molar-refractivity contribution in [2.24, 2.45) is 0 Å². The number of carbonyl (C=O) groups excluding carboxylic acids is 2. The summed E-state index contributed by atoms with van der Waals surface area (Å²) in [6.07, 6.45) is 2.85. The number of aromatic amines is 1. The van der Waals surface area contributed by atoms with Gasteiger partial charge in [0.05, 0.1) is 7.11 Å². The number of hydrogen-bond acceptors (Lipinski definition) is 5. The fraction of sp³-hybridized carbons (Fsp3) is 0.333. The largest absolute Gasteiger partial charge is 0.508 e. The van der Waals surface area contributed by atoms with E-state index in [1.54, 1.807) is 42.2 Å². The van der Waals surface area contributed by atoms with Crippen LogP contribution in [0.4, 0.5) is 9.18 Å². The molecule has 1 aromatic heterocycles. The highest BCUT2D eigenvalue weighted by atomic mass is 19.1. The lowest BCUT2D eigenvalue weighted by Crippen LogP contribution is -2.53. The Bertz CT molecular complexity index is 1370. The first kappa shape index (κ1) is 23.9. The van der Waals surface area contributed by atoms with E-state index in [1.165, 1.54) is 18.1 Å². The molecule has 0 bridgehead atoms. The summed E-state index contributed by atoms with van der Waals surface area (Å²) >= 11 is 0. The average molecular weight is 493 g/mol. The molecule has 0 unspecified atom stereocenters. The molecule has 2 aromatic carbocycles. The van der Waals surface area contributed by atoms with Gasteiger partial charge in [0.2, 0.25) is 0 Å². The van der Waals surface area contributed by atoms with Gasteiger partial charge >= 0.3 is 6.03 Å². The number of imide groups is 1. The Labute approximate surface area is 208 Å². The first-order valence-electron chi connectivity index (χ1n) is 11.9. The van der Waals surface area contributed by atoms with E-state index in [1.807, 2.05) is 6.07 Å². The summed E-state index contributed by atoms with van der Waals surface area (Å²) in [5.41, 5.74) is 1.55. The van der Waals surface area contributed by atoms with Crippen molar-refractivity contribution in [1.82, 2.24) is 20.1 Å². The normalized spacial score (nSPS) is 21.1. The van der Waals surface area contributed by atoms with Gasteiger partial charge in [-0.25, -0.2) is 9.18 Å². The number of halogens is 1. The van der Waals surface area contributed by atoms with E-state index < -0.39 is 23.4 Å². The van der Waals surface area contributed by atoms with Crippen LogP contribution in [0.5, 0.6) is 11.5 Å². The zero-order chi connectivity index (χ0) is 25.6. The second-order valence-corrected chi connectivity index (χ2v) is 9.43. The number of urea groups is 1. The summed E-state index contributed by atoms with van der Waals surface area (Å²) in [7, 11) is 1.40. The van der Waals surface area contributed by atoms with Crippen LogP contribution in [0.1, 0.15) is 36.2 Å². The van der Waals surface area contributed by atoms with Gasteiger partial charge in [0.15, 0.2) is 11.6 Å². The molecule has 0 radical (unpaired) electrons. The van der Waals surface area contributed by atoms with Crippen molar-refractivity contribution in [2.75, 3.05) is 26.7 Å². The predicted molar refractivity (Wildman–Crippen MR) is 133 cm³/mol. The zero-order valence-electron chi connectivity index (χ0n) is 20.3.